The van der Waals surface area contributed by atoms with Crippen molar-refractivity contribution in [1.82, 2.24) is 10.0 Å². The molecular weight excluding hydrogens is 494 g/mol. The van der Waals surface area contributed by atoms with Gasteiger partial charge in [0.2, 0.25) is 10.0 Å². The molecule has 0 saturated carbocycles. The van der Waals surface area contributed by atoms with E-state index in [2.05, 4.69) is 15.4 Å². The molecule has 10 heteroatoms. The second-order valence-electron chi connectivity index (χ2n) is 8.36. The molecule has 0 bridgehead atoms. The molecular formula is C27H31N3O6S. The molecule has 3 aromatic carbocycles. The Morgan fingerprint density at radius 3 is 2.38 bits per heavy atom. The van der Waals surface area contributed by atoms with E-state index < -0.39 is 28.5 Å². The summed E-state index contributed by atoms with van der Waals surface area (Å²) in [6, 6.07) is 19.0. The predicted octanol–water partition coefficient (Wildman–Crippen LogP) is 4.78. The van der Waals surface area contributed by atoms with Crippen LogP contribution >= 0.6 is 0 Å². The number of aliphatic carboxylic acids is 1. The first-order valence-corrected chi connectivity index (χ1v) is 13.3. The zero-order valence-corrected chi connectivity index (χ0v) is 21.5. The molecule has 2 amide bonds. The number of carbonyl (C=O) groups excluding carboxylic acids is 1. The second kappa shape index (κ2) is 12.9. The van der Waals surface area contributed by atoms with Crippen LogP contribution in [0, 0.1) is 0 Å². The second-order valence-corrected chi connectivity index (χ2v) is 10.0. The smallest absolute Gasteiger partial charge is 0.319 e. The van der Waals surface area contributed by atoms with Gasteiger partial charge in [0.1, 0.15) is 10.6 Å². The van der Waals surface area contributed by atoms with Gasteiger partial charge >= 0.3 is 12.0 Å². The Labute approximate surface area is 216 Å². The van der Waals surface area contributed by atoms with Crippen LogP contribution in [0.1, 0.15) is 37.8 Å². The minimum atomic E-state index is -4.19. The van der Waals surface area contributed by atoms with Gasteiger partial charge in [0.15, 0.2) is 0 Å². The number of hydrogen-bond acceptors (Lipinski definition) is 5. The Morgan fingerprint density at radius 1 is 0.973 bits per heavy atom. The summed E-state index contributed by atoms with van der Waals surface area (Å²) in [5.41, 5.74) is 2.33. The first-order valence-electron chi connectivity index (χ1n) is 11.9. The van der Waals surface area contributed by atoms with Crippen molar-refractivity contribution >= 4 is 27.7 Å². The van der Waals surface area contributed by atoms with Crippen LogP contribution in [-0.2, 0) is 14.8 Å². The molecule has 0 aliphatic carbocycles. The lowest BCUT2D eigenvalue weighted by molar-refractivity contribution is -0.137. The molecule has 0 aliphatic heterocycles. The van der Waals surface area contributed by atoms with E-state index in [0.717, 1.165) is 12.8 Å². The standard InChI is InChI=1S/C27H31N3O6S/c1-3-4-15-28-27(33)29-22-12-8-11-20(16-22)21-13-14-24(36-2)25(17-21)37(34,35)30-23(18-26(31)32)19-9-6-5-7-10-19/h5-14,16-17,23,30H,3-4,15,18H2,1-2H3,(H,31,32)(H2,28,29,33)/t23-/m1/s1. The quantitative estimate of drug-likeness (QED) is 0.252. The highest BCUT2D eigenvalue weighted by Gasteiger charge is 2.26. The van der Waals surface area contributed by atoms with Crippen LogP contribution in [-0.4, -0.2) is 39.2 Å². The number of amides is 2. The van der Waals surface area contributed by atoms with Gasteiger partial charge in [-0.1, -0.05) is 61.9 Å². The number of unbranched alkanes of at least 4 members (excludes halogenated alkanes) is 1. The Balaban J connectivity index is 1.91. The molecule has 0 fully saturated rings. The fourth-order valence-corrected chi connectivity index (χ4v) is 5.15. The van der Waals surface area contributed by atoms with Crippen LogP contribution in [0.3, 0.4) is 0 Å². The zero-order valence-electron chi connectivity index (χ0n) is 20.7. The van der Waals surface area contributed by atoms with Crippen molar-refractivity contribution in [3.63, 3.8) is 0 Å². The highest BCUT2D eigenvalue weighted by molar-refractivity contribution is 7.89. The van der Waals surface area contributed by atoms with Gasteiger partial charge in [-0.2, -0.15) is 0 Å². The van der Waals surface area contributed by atoms with Crippen LogP contribution in [0.5, 0.6) is 5.75 Å². The summed E-state index contributed by atoms with van der Waals surface area (Å²) in [6.45, 7) is 2.61. The Morgan fingerprint density at radius 2 is 1.70 bits per heavy atom. The van der Waals surface area contributed by atoms with Gasteiger partial charge in [-0.05, 0) is 47.4 Å². The molecule has 0 unspecified atom stereocenters. The van der Waals surface area contributed by atoms with E-state index in [9.17, 15) is 23.1 Å². The van der Waals surface area contributed by atoms with Gasteiger partial charge in [0.25, 0.3) is 0 Å². The van der Waals surface area contributed by atoms with E-state index in [1.165, 1.54) is 19.2 Å². The topological polar surface area (TPSA) is 134 Å². The van der Waals surface area contributed by atoms with Crippen molar-refractivity contribution in [2.75, 3.05) is 19.0 Å². The van der Waals surface area contributed by atoms with Crippen molar-refractivity contribution in [1.29, 1.82) is 0 Å². The van der Waals surface area contributed by atoms with Gasteiger partial charge in [-0.3, -0.25) is 4.79 Å². The summed E-state index contributed by atoms with van der Waals surface area (Å²) in [5, 5.41) is 14.9. The van der Waals surface area contributed by atoms with Gasteiger partial charge in [0, 0.05) is 12.2 Å². The average Bonchev–Trinajstić information content (AvgIpc) is 2.88. The third-order valence-electron chi connectivity index (χ3n) is 5.60. The summed E-state index contributed by atoms with van der Waals surface area (Å²) in [7, 11) is -2.82. The monoisotopic (exact) mass is 525 g/mol. The molecule has 4 N–H and O–H groups in total. The number of ether oxygens (including phenoxy) is 1. The number of benzene rings is 3. The molecule has 0 heterocycles. The molecule has 0 aliphatic rings. The summed E-state index contributed by atoms with van der Waals surface area (Å²) < 4.78 is 34.7. The van der Waals surface area contributed by atoms with Crippen LogP contribution in [0.15, 0.2) is 77.7 Å². The minimum Gasteiger partial charge on any atom is -0.495 e. The van der Waals surface area contributed by atoms with E-state index in [0.29, 0.717) is 28.9 Å². The molecule has 1 atom stereocenters. The van der Waals surface area contributed by atoms with Crippen LogP contribution in [0.25, 0.3) is 11.1 Å². The number of anilines is 1. The summed E-state index contributed by atoms with van der Waals surface area (Å²) in [6.07, 6.45) is 1.41. The van der Waals surface area contributed by atoms with Crippen molar-refractivity contribution in [2.24, 2.45) is 0 Å². The molecule has 0 radical (unpaired) electrons. The number of nitrogens with one attached hydrogen (secondary N) is 3. The number of urea groups is 1. The third kappa shape index (κ3) is 7.80. The van der Waals surface area contributed by atoms with E-state index in [-0.39, 0.29) is 16.7 Å². The first kappa shape index (κ1) is 27.7. The number of methoxy groups -OCH3 is 1. The molecule has 37 heavy (non-hydrogen) atoms. The normalized spacial score (nSPS) is 11.9. The number of carbonyl (C=O) groups is 2. The lowest BCUT2D eigenvalue weighted by Gasteiger charge is -2.19. The molecule has 0 spiro atoms. The SMILES string of the molecule is CCCCNC(=O)Nc1cccc(-c2ccc(OC)c(S(=O)(=O)N[C@H](CC(=O)O)c3ccccc3)c2)c1. The average molecular weight is 526 g/mol. The van der Waals surface area contributed by atoms with Gasteiger partial charge < -0.3 is 20.5 Å². The lowest BCUT2D eigenvalue weighted by Crippen LogP contribution is -2.30. The Kier molecular flexibility index (Phi) is 9.64. The fourth-order valence-electron chi connectivity index (χ4n) is 3.74. The van der Waals surface area contributed by atoms with Crippen molar-refractivity contribution < 1.29 is 27.9 Å². The Bertz CT molecular complexity index is 1330. The van der Waals surface area contributed by atoms with E-state index >= 15 is 0 Å². The van der Waals surface area contributed by atoms with Crippen molar-refractivity contribution in [3.8, 4) is 16.9 Å². The highest BCUT2D eigenvalue weighted by Crippen LogP contribution is 2.32. The van der Waals surface area contributed by atoms with Crippen LogP contribution < -0.4 is 20.1 Å². The van der Waals surface area contributed by atoms with Gasteiger partial charge in [-0.15, -0.1) is 0 Å². The molecule has 9 nitrogen and oxygen atoms in total. The maximum absolute atomic E-state index is 13.4. The van der Waals surface area contributed by atoms with Crippen LogP contribution in [0.2, 0.25) is 0 Å². The van der Waals surface area contributed by atoms with Crippen LogP contribution in [0.4, 0.5) is 10.5 Å². The number of rotatable bonds is 12. The molecule has 196 valence electrons. The zero-order chi connectivity index (χ0) is 26.8. The molecule has 3 aromatic rings. The number of carboxylic acids is 1. The van der Waals surface area contributed by atoms with Crippen molar-refractivity contribution in [2.45, 2.75) is 37.1 Å². The number of hydrogen-bond donors (Lipinski definition) is 4. The molecule has 3 rings (SSSR count). The van der Waals surface area contributed by atoms with E-state index in [4.69, 9.17) is 4.74 Å². The van der Waals surface area contributed by atoms with E-state index in [1.807, 2.05) is 6.92 Å². The first-order chi connectivity index (χ1) is 17.7. The summed E-state index contributed by atoms with van der Waals surface area (Å²) in [5.74, 6) is -1.02. The highest BCUT2D eigenvalue weighted by atomic mass is 32.2. The maximum atomic E-state index is 13.4. The summed E-state index contributed by atoms with van der Waals surface area (Å²) in [4.78, 5) is 23.5. The summed E-state index contributed by atoms with van der Waals surface area (Å²) >= 11 is 0. The number of carboxylic acid groups (broad SMARTS) is 1. The van der Waals surface area contributed by atoms with Crippen molar-refractivity contribution in [3.05, 3.63) is 78.4 Å². The Hall–Kier alpha value is -3.89. The number of sulfonamides is 1. The predicted molar refractivity (Wildman–Crippen MR) is 142 cm³/mol. The molecule has 0 aromatic heterocycles. The maximum Gasteiger partial charge on any atom is 0.319 e. The largest absolute Gasteiger partial charge is 0.495 e. The third-order valence-corrected chi connectivity index (χ3v) is 7.09. The van der Waals surface area contributed by atoms with E-state index in [1.54, 1.807) is 60.7 Å². The minimum absolute atomic E-state index is 0.114. The lowest BCUT2D eigenvalue weighted by atomic mass is 10.0. The van der Waals surface area contributed by atoms with Gasteiger partial charge in [0.05, 0.1) is 19.6 Å². The molecule has 0 saturated heterocycles. The fraction of sp³-hybridized carbons (Fsp3) is 0.259. The van der Waals surface area contributed by atoms with Gasteiger partial charge in [-0.25, -0.2) is 17.9 Å².